The molecule has 1 aromatic carbocycles. The number of anilines is 1. The van der Waals surface area contributed by atoms with E-state index in [1.54, 1.807) is 7.11 Å². The van der Waals surface area contributed by atoms with Crippen LogP contribution in [-0.4, -0.2) is 14.2 Å². The van der Waals surface area contributed by atoms with Crippen molar-refractivity contribution in [2.75, 3.05) is 19.5 Å². The van der Waals surface area contributed by atoms with E-state index >= 15 is 0 Å². The van der Waals surface area contributed by atoms with Crippen LogP contribution in [0.3, 0.4) is 0 Å². The van der Waals surface area contributed by atoms with E-state index in [4.69, 9.17) is 4.74 Å². The van der Waals surface area contributed by atoms with Crippen LogP contribution >= 0.6 is 0 Å². The van der Waals surface area contributed by atoms with Crippen molar-refractivity contribution >= 4 is 5.69 Å². The molecule has 1 rings (SSSR count). The Bertz CT molecular complexity index is 245. The number of ether oxygens (including phenoxy) is 1. The number of nitrogens with one attached hydrogen (secondary N) is 1. The highest BCUT2D eigenvalue weighted by Gasteiger charge is 1.98. The van der Waals surface area contributed by atoms with Gasteiger partial charge in [-0.05, 0) is 24.6 Å². The summed E-state index contributed by atoms with van der Waals surface area (Å²) in [4.78, 5) is 0. The molecule has 0 radical (unpaired) electrons. The van der Waals surface area contributed by atoms with Crippen LogP contribution in [-0.2, 0) is 0 Å². The molecule has 0 saturated heterocycles. The minimum Gasteiger partial charge on any atom is -0.495 e. The summed E-state index contributed by atoms with van der Waals surface area (Å²) in [6, 6.07) is 6.04. The van der Waals surface area contributed by atoms with Crippen molar-refractivity contribution in [3.05, 3.63) is 23.8 Å². The molecule has 0 unspecified atom stereocenters. The zero-order valence-electron chi connectivity index (χ0n) is 7.14. The fourth-order valence-corrected chi connectivity index (χ4v) is 1.02. The normalized spacial score (nSPS) is 9.36. The van der Waals surface area contributed by atoms with Crippen LogP contribution in [0.25, 0.3) is 0 Å². The average Bonchev–Trinajstić information content (AvgIpc) is 2.04. The molecule has 60 valence electrons. The molecule has 0 aliphatic rings. The average molecular weight is 151 g/mol. The molecule has 0 saturated carbocycles. The Morgan fingerprint density at radius 1 is 1.36 bits per heavy atom. The van der Waals surface area contributed by atoms with Crippen molar-refractivity contribution in [3.8, 4) is 5.75 Å². The van der Waals surface area contributed by atoms with Gasteiger partial charge in [0.1, 0.15) is 5.75 Å². The van der Waals surface area contributed by atoms with E-state index in [1.165, 1.54) is 5.56 Å². The van der Waals surface area contributed by atoms with Crippen molar-refractivity contribution in [2.45, 2.75) is 6.92 Å². The van der Waals surface area contributed by atoms with Crippen molar-refractivity contribution in [1.29, 1.82) is 0 Å². The number of hydrogen-bond donors (Lipinski definition) is 1. The molecule has 0 bridgehead atoms. The maximum atomic E-state index is 5.13. The highest BCUT2D eigenvalue weighted by Crippen LogP contribution is 2.23. The van der Waals surface area contributed by atoms with Crippen molar-refractivity contribution in [2.24, 2.45) is 0 Å². The number of hydrogen-bond acceptors (Lipinski definition) is 2. The van der Waals surface area contributed by atoms with Crippen LogP contribution in [0.1, 0.15) is 5.56 Å². The van der Waals surface area contributed by atoms with Gasteiger partial charge in [0.2, 0.25) is 0 Å². The molecular weight excluding hydrogens is 138 g/mol. The zero-order chi connectivity index (χ0) is 8.27. The molecule has 0 heterocycles. The fourth-order valence-electron chi connectivity index (χ4n) is 1.02. The molecule has 0 fully saturated rings. The van der Waals surface area contributed by atoms with Crippen LogP contribution in [0.4, 0.5) is 5.69 Å². The van der Waals surface area contributed by atoms with E-state index in [-0.39, 0.29) is 0 Å². The van der Waals surface area contributed by atoms with E-state index in [2.05, 4.69) is 18.3 Å². The minimum atomic E-state index is 0.887. The van der Waals surface area contributed by atoms with Crippen molar-refractivity contribution < 1.29 is 4.74 Å². The lowest BCUT2D eigenvalue weighted by molar-refractivity contribution is 0.416. The Balaban J connectivity index is 3.06. The number of benzene rings is 1. The summed E-state index contributed by atoms with van der Waals surface area (Å²) in [6.07, 6.45) is 0. The molecule has 2 nitrogen and oxygen atoms in total. The first-order valence-corrected chi connectivity index (χ1v) is 3.60. The van der Waals surface area contributed by atoms with Crippen molar-refractivity contribution in [3.63, 3.8) is 0 Å². The van der Waals surface area contributed by atoms with E-state index in [1.807, 2.05) is 19.2 Å². The van der Waals surface area contributed by atoms with Gasteiger partial charge in [-0.15, -0.1) is 0 Å². The van der Waals surface area contributed by atoms with Crippen LogP contribution in [0.5, 0.6) is 5.75 Å². The third-order valence-corrected chi connectivity index (χ3v) is 1.62. The van der Waals surface area contributed by atoms with Gasteiger partial charge >= 0.3 is 0 Å². The topological polar surface area (TPSA) is 21.3 Å². The third kappa shape index (κ3) is 1.64. The number of aryl methyl sites for hydroxylation is 1. The molecule has 0 aliphatic carbocycles. The first kappa shape index (κ1) is 7.92. The second kappa shape index (κ2) is 3.28. The lowest BCUT2D eigenvalue weighted by Crippen LogP contribution is -1.93. The van der Waals surface area contributed by atoms with Crippen molar-refractivity contribution in [1.82, 2.24) is 0 Å². The molecule has 0 amide bonds. The monoisotopic (exact) mass is 151 g/mol. The summed E-state index contributed by atoms with van der Waals surface area (Å²) < 4.78 is 5.13. The SMILES string of the molecule is CNc1cc(C)ccc1OC. The largest absolute Gasteiger partial charge is 0.495 e. The first-order chi connectivity index (χ1) is 5.27. The molecule has 0 aliphatic heterocycles. The summed E-state index contributed by atoms with van der Waals surface area (Å²) in [5.41, 5.74) is 2.27. The Labute approximate surface area is 67.2 Å². The minimum absolute atomic E-state index is 0.887. The molecule has 0 aromatic heterocycles. The van der Waals surface area contributed by atoms with Gasteiger partial charge in [-0.2, -0.15) is 0 Å². The van der Waals surface area contributed by atoms with Gasteiger partial charge in [0, 0.05) is 7.05 Å². The van der Waals surface area contributed by atoms with Gasteiger partial charge in [0.05, 0.1) is 12.8 Å². The maximum Gasteiger partial charge on any atom is 0.141 e. The molecule has 1 aromatic rings. The van der Waals surface area contributed by atoms with Gasteiger partial charge in [0.25, 0.3) is 0 Å². The predicted molar refractivity (Wildman–Crippen MR) is 47.3 cm³/mol. The Morgan fingerprint density at radius 3 is 2.64 bits per heavy atom. The highest BCUT2D eigenvalue weighted by atomic mass is 16.5. The predicted octanol–water partition coefficient (Wildman–Crippen LogP) is 2.05. The fraction of sp³-hybridized carbons (Fsp3) is 0.333. The van der Waals surface area contributed by atoms with Crippen LogP contribution in [0.15, 0.2) is 18.2 Å². The molecular formula is C9H13NO. The number of methoxy groups -OCH3 is 1. The summed E-state index contributed by atoms with van der Waals surface area (Å²) in [7, 11) is 3.56. The summed E-state index contributed by atoms with van der Waals surface area (Å²) in [5, 5.41) is 3.06. The van der Waals surface area contributed by atoms with Crippen LogP contribution in [0, 0.1) is 6.92 Å². The standard InChI is InChI=1S/C9H13NO/c1-7-4-5-9(11-3)8(6-7)10-2/h4-6,10H,1-3H3. The van der Waals surface area contributed by atoms with E-state index in [9.17, 15) is 0 Å². The first-order valence-electron chi connectivity index (χ1n) is 3.60. The maximum absolute atomic E-state index is 5.13. The Hall–Kier alpha value is -1.18. The smallest absolute Gasteiger partial charge is 0.141 e. The molecule has 0 spiro atoms. The van der Waals surface area contributed by atoms with Gasteiger partial charge in [-0.1, -0.05) is 6.07 Å². The Kier molecular flexibility index (Phi) is 2.36. The second-order valence-corrected chi connectivity index (χ2v) is 2.45. The summed E-state index contributed by atoms with van der Waals surface area (Å²) in [5.74, 6) is 0.887. The van der Waals surface area contributed by atoms with Crippen LogP contribution < -0.4 is 10.1 Å². The molecule has 11 heavy (non-hydrogen) atoms. The van der Waals surface area contributed by atoms with Crippen LogP contribution in [0.2, 0.25) is 0 Å². The van der Waals surface area contributed by atoms with Gasteiger partial charge in [0.15, 0.2) is 0 Å². The molecule has 2 heteroatoms. The third-order valence-electron chi connectivity index (χ3n) is 1.62. The second-order valence-electron chi connectivity index (χ2n) is 2.45. The molecule has 0 atom stereocenters. The summed E-state index contributed by atoms with van der Waals surface area (Å²) >= 11 is 0. The zero-order valence-corrected chi connectivity index (χ0v) is 7.14. The van der Waals surface area contributed by atoms with Gasteiger partial charge in [-0.25, -0.2) is 0 Å². The quantitative estimate of drug-likeness (QED) is 0.698. The van der Waals surface area contributed by atoms with Gasteiger partial charge < -0.3 is 10.1 Å². The lowest BCUT2D eigenvalue weighted by atomic mass is 10.2. The lowest BCUT2D eigenvalue weighted by Gasteiger charge is -2.07. The summed E-state index contributed by atoms with van der Waals surface area (Å²) in [6.45, 7) is 2.06. The van der Waals surface area contributed by atoms with E-state index in [0.29, 0.717) is 0 Å². The highest BCUT2D eigenvalue weighted by molar-refractivity contribution is 5.57. The molecule has 1 N–H and O–H groups in total. The van der Waals surface area contributed by atoms with E-state index < -0.39 is 0 Å². The van der Waals surface area contributed by atoms with E-state index in [0.717, 1.165) is 11.4 Å². The Morgan fingerprint density at radius 2 is 2.09 bits per heavy atom. The van der Waals surface area contributed by atoms with Gasteiger partial charge in [-0.3, -0.25) is 0 Å². The number of rotatable bonds is 2.